The van der Waals surface area contributed by atoms with Crippen LogP contribution >= 0.6 is 11.8 Å². The summed E-state index contributed by atoms with van der Waals surface area (Å²) in [5.41, 5.74) is 10.5. The van der Waals surface area contributed by atoms with Gasteiger partial charge in [-0.25, -0.2) is 0 Å². The molecule has 1 fully saturated rings. The molecule has 0 aromatic heterocycles. The molecule has 56 heavy (non-hydrogen) atoms. The van der Waals surface area contributed by atoms with Gasteiger partial charge in [0.1, 0.15) is 24.1 Å². The Balaban J connectivity index is 1.30. The van der Waals surface area contributed by atoms with Crippen LogP contribution in [0.3, 0.4) is 0 Å². The van der Waals surface area contributed by atoms with Gasteiger partial charge in [-0.2, -0.15) is 0 Å². The highest BCUT2D eigenvalue weighted by Crippen LogP contribution is 2.50. The fourth-order valence-electron chi connectivity index (χ4n) is 7.30. The molecule has 0 radical (unpaired) electrons. The number of methoxy groups -OCH3 is 1. The minimum absolute atomic E-state index is 0.0867. The standard InChI is InChI=1S/C50H52O5S/c1-36-24-26-38(27-25-36)29-43-30-44(45(51-3)28-37(43)2)50-49(55-34-42-22-14-7-15-23-42)48(54-33-41-20-12-6-13-21-41)47(53-32-40-18-10-5-11-19-40)46(56-50)35-52-31-39-16-8-4-9-17-39/h4-28,30,46-50H,29,31-35H2,1-3H3/t46-,47-,48+,49-,50+/m1/s1. The fourth-order valence-corrected chi connectivity index (χ4v) is 8.96. The Morgan fingerprint density at radius 2 is 0.982 bits per heavy atom. The first-order valence-electron chi connectivity index (χ1n) is 19.5. The van der Waals surface area contributed by atoms with Crippen LogP contribution in [0.2, 0.25) is 0 Å². The topological polar surface area (TPSA) is 46.2 Å². The van der Waals surface area contributed by atoms with E-state index in [0.29, 0.717) is 33.0 Å². The fraction of sp³-hybridized carbons (Fsp3) is 0.280. The van der Waals surface area contributed by atoms with Gasteiger partial charge >= 0.3 is 0 Å². The second-order valence-corrected chi connectivity index (χ2v) is 15.9. The van der Waals surface area contributed by atoms with Crippen molar-refractivity contribution in [2.24, 2.45) is 0 Å². The maximum Gasteiger partial charge on any atom is 0.123 e. The molecule has 0 saturated carbocycles. The van der Waals surface area contributed by atoms with Crippen LogP contribution in [0.15, 0.2) is 158 Å². The number of ether oxygens (including phenoxy) is 5. The van der Waals surface area contributed by atoms with Crippen LogP contribution in [0.4, 0.5) is 0 Å². The second-order valence-electron chi connectivity index (χ2n) is 14.6. The first-order valence-corrected chi connectivity index (χ1v) is 20.4. The predicted octanol–water partition coefficient (Wildman–Crippen LogP) is 11.0. The third-order valence-corrected chi connectivity index (χ3v) is 12.0. The first-order chi connectivity index (χ1) is 27.5. The van der Waals surface area contributed by atoms with E-state index in [-0.39, 0.29) is 22.7 Å². The van der Waals surface area contributed by atoms with Crippen LogP contribution in [0, 0.1) is 13.8 Å². The van der Waals surface area contributed by atoms with E-state index < -0.39 is 6.10 Å². The van der Waals surface area contributed by atoms with E-state index in [2.05, 4.69) is 147 Å². The SMILES string of the molecule is COc1cc(C)c(Cc2ccc(C)cc2)cc1[C@@H]1S[C@H](COCc2ccccc2)[C@@H](OCc2ccccc2)[C@H](OCc2ccccc2)[C@H]1OCc1ccccc1. The van der Waals surface area contributed by atoms with Crippen molar-refractivity contribution in [3.63, 3.8) is 0 Å². The van der Waals surface area contributed by atoms with Crippen molar-refractivity contribution in [3.8, 4) is 5.75 Å². The van der Waals surface area contributed by atoms with Crippen LogP contribution in [-0.4, -0.2) is 37.3 Å². The molecule has 7 rings (SSSR count). The van der Waals surface area contributed by atoms with Gasteiger partial charge in [0.25, 0.3) is 0 Å². The maximum absolute atomic E-state index is 7.12. The van der Waals surface area contributed by atoms with Gasteiger partial charge in [0.2, 0.25) is 0 Å². The molecule has 6 heteroatoms. The van der Waals surface area contributed by atoms with Crippen molar-refractivity contribution in [1.82, 2.24) is 0 Å². The summed E-state index contributed by atoms with van der Waals surface area (Å²) in [6.45, 7) is 6.56. The highest BCUT2D eigenvalue weighted by molar-refractivity contribution is 8.00. The molecule has 1 heterocycles. The average Bonchev–Trinajstić information content (AvgIpc) is 3.24. The quantitative estimate of drug-likeness (QED) is 0.0922. The smallest absolute Gasteiger partial charge is 0.123 e. The summed E-state index contributed by atoms with van der Waals surface area (Å²) in [4.78, 5) is 0. The Hall–Kier alpha value is -4.69. The molecule has 0 spiro atoms. The van der Waals surface area contributed by atoms with Gasteiger partial charge in [-0.05, 0) is 65.3 Å². The molecule has 288 valence electrons. The molecule has 0 N–H and O–H groups in total. The van der Waals surface area contributed by atoms with E-state index >= 15 is 0 Å². The lowest BCUT2D eigenvalue weighted by molar-refractivity contribution is -0.160. The summed E-state index contributed by atoms with van der Waals surface area (Å²) >= 11 is 1.85. The summed E-state index contributed by atoms with van der Waals surface area (Å²) < 4.78 is 34.0. The van der Waals surface area contributed by atoms with Gasteiger partial charge in [0, 0.05) is 5.56 Å². The molecule has 5 atom stereocenters. The third-order valence-electron chi connectivity index (χ3n) is 10.4. The lowest BCUT2D eigenvalue weighted by Gasteiger charge is -2.46. The number of hydrogen-bond acceptors (Lipinski definition) is 6. The van der Waals surface area contributed by atoms with Crippen LogP contribution in [0.5, 0.6) is 5.75 Å². The number of hydrogen-bond donors (Lipinski definition) is 0. The lowest BCUT2D eigenvalue weighted by atomic mass is 9.91. The Bertz CT molecular complexity index is 2060. The molecule has 0 aliphatic carbocycles. The normalized spacial score (nSPS) is 19.4. The molecular weight excluding hydrogens is 713 g/mol. The molecular formula is C50H52O5S. The number of aryl methyl sites for hydroxylation is 2. The van der Waals surface area contributed by atoms with Crippen LogP contribution < -0.4 is 4.74 Å². The van der Waals surface area contributed by atoms with Gasteiger partial charge in [-0.3, -0.25) is 0 Å². The van der Waals surface area contributed by atoms with Gasteiger partial charge in [0.15, 0.2) is 0 Å². The Morgan fingerprint density at radius 3 is 1.50 bits per heavy atom. The van der Waals surface area contributed by atoms with Crippen molar-refractivity contribution >= 4 is 11.8 Å². The van der Waals surface area contributed by atoms with Gasteiger partial charge in [-0.15, -0.1) is 11.8 Å². The Morgan fingerprint density at radius 1 is 0.500 bits per heavy atom. The van der Waals surface area contributed by atoms with Gasteiger partial charge in [-0.1, -0.05) is 157 Å². The van der Waals surface area contributed by atoms with Gasteiger partial charge in [0.05, 0.1) is 50.6 Å². The van der Waals surface area contributed by atoms with Gasteiger partial charge < -0.3 is 23.7 Å². The third kappa shape index (κ3) is 10.6. The number of thioether (sulfide) groups is 1. The molecule has 0 unspecified atom stereocenters. The zero-order chi connectivity index (χ0) is 38.5. The summed E-state index contributed by atoms with van der Waals surface area (Å²) in [6.07, 6.45) is -0.360. The highest BCUT2D eigenvalue weighted by atomic mass is 32.2. The average molecular weight is 765 g/mol. The molecule has 5 nitrogen and oxygen atoms in total. The number of rotatable bonds is 17. The van der Waals surface area contributed by atoms with Crippen molar-refractivity contribution in [1.29, 1.82) is 0 Å². The zero-order valence-electron chi connectivity index (χ0n) is 32.6. The van der Waals surface area contributed by atoms with Crippen molar-refractivity contribution in [3.05, 3.63) is 208 Å². The van der Waals surface area contributed by atoms with E-state index in [9.17, 15) is 0 Å². The Kier molecular flexibility index (Phi) is 14.1. The summed E-state index contributed by atoms with van der Waals surface area (Å²) in [6, 6.07) is 54.8. The molecule has 6 aromatic carbocycles. The van der Waals surface area contributed by atoms with Crippen LogP contribution in [0.25, 0.3) is 0 Å². The van der Waals surface area contributed by atoms with Crippen LogP contribution in [-0.2, 0) is 51.8 Å². The molecule has 1 aliphatic rings. The zero-order valence-corrected chi connectivity index (χ0v) is 33.4. The minimum atomic E-state index is -0.439. The summed E-state index contributed by atoms with van der Waals surface area (Å²) in [7, 11) is 1.76. The monoisotopic (exact) mass is 764 g/mol. The molecule has 1 saturated heterocycles. The highest BCUT2D eigenvalue weighted by Gasteiger charge is 2.49. The van der Waals surface area contributed by atoms with Crippen LogP contribution in [0.1, 0.15) is 55.3 Å². The van der Waals surface area contributed by atoms with E-state index in [1.165, 1.54) is 22.3 Å². The minimum Gasteiger partial charge on any atom is -0.496 e. The molecule has 1 aliphatic heterocycles. The second kappa shape index (κ2) is 19.9. The van der Waals surface area contributed by atoms with E-state index in [1.807, 2.05) is 36.0 Å². The van der Waals surface area contributed by atoms with E-state index in [4.69, 9.17) is 23.7 Å². The summed E-state index contributed by atoms with van der Waals surface area (Å²) in [5, 5.41) is -0.245. The van der Waals surface area contributed by atoms with Crippen molar-refractivity contribution < 1.29 is 23.7 Å². The predicted molar refractivity (Wildman–Crippen MR) is 227 cm³/mol. The largest absolute Gasteiger partial charge is 0.496 e. The Labute approximate surface area is 337 Å². The maximum atomic E-state index is 7.12. The number of benzene rings is 6. The van der Waals surface area contributed by atoms with E-state index in [0.717, 1.165) is 40.0 Å². The molecule has 0 amide bonds. The molecule has 6 aromatic rings. The first kappa shape index (κ1) is 39.5. The summed E-state index contributed by atoms with van der Waals surface area (Å²) in [5.74, 6) is 0.843. The molecule has 0 bridgehead atoms. The lowest BCUT2D eigenvalue weighted by Crippen LogP contribution is -2.54. The van der Waals surface area contributed by atoms with E-state index in [1.54, 1.807) is 7.11 Å². The van der Waals surface area contributed by atoms with Crippen molar-refractivity contribution in [2.75, 3.05) is 13.7 Å². The van der Waals surface area contributed by atoms with Crippen molar-refractivity contribution in [2.45, 2.75) is 75.5 Å².